The summed E-state index contributed by atoms with van der Waals surface area (Å²) in [6, 6.07) is 12.7. The molecule has 13 heteroatoms. The highest BCUT2D eigenvalue weighted by molar-refractivity contribution is 7.89. The number of aromatic nitrogens is 1. The Labute approximate surface area is 244 Å². The van der Waals surface area contributed by atoms with Gasteiger partial charge in [0.2, 0.25) is 10.0 Å². The van der Waals surface area contributed by atoms with Gasteiger partial charge in [-0.2, -0.15) is 17.5 Å². The van der Waals surface area contributed by atoms with Crippen LogP contribution < -0.4 is 5.32 Å². The van der Waals surface area contributed by atoms with Crippen molar-refractivity contribution in [1.29, 1.82) is 5.41 Å². The van der Waals surface area contributed by atoms with Crippen LogP contribution in [0.5, 0.6) is 0 Å². The molecule has 2 aliphatic rings. The number of carbonyl (C=O) groups is 1. The Bertz CT molecular complexity index is 1730. The molecular formula is C29H23ClF4N4O3S. The number of hydrogen-bond acceptors (Lipinski definition) is 6. The number of alkyl halides is 3. The summed E-state index contributed by atoms with van der Waals surface area (Å²) in [7, 11) is -4.51. The molecule has 1 fully saturated rings. The van der Waals surface area contributed by atoms with Crippen molar-refractivity contribution in [2.45, 2.75) is 23.9 Å². The molecule has 0 amide bonds. The number of hydrogen-bond donors (Lipinski definition) is 2. The van der Waals surface area contributed by atoms with Crippen LogP contribution in [0.2, 0.25) is 5.02 Å². The Balaban J connectivity index is 1.57. The fourth-order valence-corrected chi connectivity index (χ4v) is 7.00. The Morgan fingerprint density at radius 3 is 2.50 bits per heavy atom. The molecule has 0 radical (unpaired) electrons. The largest absolute Gasteiger partial charge is 0.417 e. The second-order valence-corrected chi connectivity index (χ2v) is 12.3. The molecule has 0 saturated carbocycles. The summed E-state index contributed by atoms with van der Waals surface area (Å²) in [4.78, 5) is 17.7. The van der Waals surface area contributed by atoms with Gasteiger partial charge in [0.05, 0.1) is 20.9 Å². The van der Waals surface area contributed by atoms with Gasteiger partial charge in [-0.15, -0.1) is 0 Å². The standard InChI is InChI=1S/C29H23ClF4N4O3S/c30-24-9-8-22(14-23(24)29(32,33)34)42(40,41)38-12-10-19-13-26(37-21-6-4-20(31)5-7-21)18(16-35)15-28(19,17-38)27(39)25-3-1-2-11-36-25/h1-9,11,13-14,16,35,37H,10,12,15,17H2/t28-/m0/s1. The van der Waals surface area contributed by atoms with Crippen molar-refractivity contribution >= 4 is 39.3 Å². The molecule has 2 aromatic carbocycles. The molecule has 1 aromatic heterocycles. The zero-order valence-corrected chi connectivity index (χ0v) is 23.3. The lowest BCUT2D eigenvalue weighted by molar-refractivity contribution is -0.137. The number of rotatable bonds is 7. The first-order chi connectivity index (χ1) is 19.8. The number of carbonyl (C=O) groups excluding carboxylic acids is 1. The topological polar surface area (TPSA) is 103 Å². The molecule has 2 heterocycles. The van der Waals surface area contributed by atoms with Crippen LogP contribution in [0.15, 0.2) is 94.7 Å². The number of benzene rings is 2. The van der Waals surface area contributed by atoms with Gasteiger partial charge in [-0.1, -0.05) is 23.2 Å². The lowest BCUT2D eigenvalue weighted by atomic mass is 9.65. The summed E-state index contributed by atoms with van der Waals surface area (Å²) >= 11 is 5.71. The van der Waals surface area contributed by atoms with E-state index < -0.39 is 48.7 Å². The molecule has 1 aliphatic heterocycles. The highest BCUT2D eigenvalue weighted by Gasteiger charge is 2.51. The monoisotopic (exact) mass is 618 g/mol. The lowest BCUT2D eigenvalue weighted by Crippen LogP contribution is -2.52. The summed E-state index contributed by atoms with van der Waals surface area (Å²) < 4.78 is 82.4. The molecule has 1 atom stereocenters. The van der Waals surface area contributed by atoms with Gasteiger partial charge in [-0.05, 0) is 79.1 Å². The van der Waals surface area contributed by atoms with Crippen molar-refractivity contribution in [3.05, 3.63) is 112 Å². The highest BCUT2D eigenvalue weighted by Crippen LogP contribution is 2.48. The number of ketones is 1. The van der Waals surface area contributed by atoms with Crippen LogP contribution >= 0.6 is 11.6 Å². The summed E-state index contributed by atoms with van der Waals surface area (Å²) in [5.41, 5.74) is -0.725. The summed E-state index contributed by atoms with van der Waals surface area (Å²) in [6.45, 7) is -0.499. The van der Waals surface area contributed by atoms with Gasteiger partial charge < -0.3 is 10.7 Å². The van der Waals surface area contributed by atoms with Crippen molar-refractivity contribution < 1.29 is 30.8 Å². The summed E-state index contributed by atoms with van der Waals surface area (Å²) in [5.74, 6) is -0.915. The van der Waals surface area contributed by atoms with Crippen LogP contribution in [0.4, 0.5) is 23.2 Å². The fourth-order valence-electron chi connectivity index (χ4n) is 5.24. The van der Waals surface area contributed by atoms with Crippen LogP contribution in [-0.4, -0.2) is 42.8 Å². The first-order valence-corrected chi connectivity index (χ1v) is 14.5. The van der Waals surface area contributed by atoms with Crippen molar-refractivity contribution in [1.82, 2.24) is 9.29 Å². The zero-order valence-electron chi connectivity index (χ0n) is 21.8. The van der Waals surface area contributed by atoms with E-state index in [9.17, 15) is 30.8 Å². The van der Waals surface area contributed by atoms with Gasteiger partial charge >= 0.3 is 6.18 Å². The Morgan fingerprint density at radius 2 is 1.86 bits per heavy atom. The minimum absolute atomic E-state index is 0.0766. The van der Waals surface area contributed by atoms with E-state index in [1.165, 1.54) is 36.5 Å². The van der Waals surface area contributed by atoms with E-state index in [1.807, 2.05) is 0 Å². The normalized spacial score (nSPS) is 19.6. The van der Waals surface area contributed by atoms with E-state index in [-0.39, 0.29) is 31.6 Å². The van der Waals surface area contributed by atoms with Crippen molar-refractivity contribution in [2.24, 2.45) is 5.41 Å². The van der Waals surface area contributed by atoms with E-state index in [4.69, 9.17) is 17.0 Å². The minimum atomic E-state index is -4.88. The molecule has 1 saturated heterocycles. The van der Waals surface area contributed by atoms with Gasteiger partial charge in [0, 0.05) is 36.9 Å². The van der Waals surface area contributed by atoms with Crippen molar-refractivity contribution in [2.75, 3.05) is 18.4 Å². The van der Waals surface area contributed by atoms with Crippen LogP contribution in [0.1, 0.15) is 28.9 Å². The molecule has 7 nitrogen and oxygen atoms in total. The van der Waals surface area contributed by atoms with Crippen LogP contribution in [0, 0.1) is 16.6 Å². The second-order valence-electron chi connectivity index (χ2n) is 9.92. The third kappa shape index (κ3) is 5.49. The number of nitrogens with zero attached hydrogens (tertiary/aromatic N) is 2. The molecule has 0 bridgehead atoms. The SMILES string of the molecule is N=CC1=C(Nc2ccc(F)cc2)C=C2CCN(S(=O)(=O)c3ccc(Cl)c(C(F)(F)F)c3)C[C@@]2(C(=O)c2ccccn2)C1. The number of pyridine rings is 1. The highest BCUT2D eigenvalue weighted by atomic mass is 35.5. The van der Waals surface area contributed by atoms with Gasteiger partial charge in [0.15, 0.2) is 5.78 Å². The van der Waals surface area contributed by atoms with Gasteiger partial charge in [-0.25, -0.2) is 12.8 Å². The fraction of sp³-hybridized carbons (Fsp3) is 0.207. The number of fused-ring (bicyclic) bond motifs is 1. The first kappa shape index (κ1) is 29.6. The molecule has 2 N–H and O–H groups in total. The summed E-state index contributed by atoms with van der Waals surface area (Å²) in [5, 5.41) is 10.6. The van der Waals surface area contributed by atoms with Crippen molar-refractivity contribution in [3.8, 4) is 0 Å². The van der Waals surface area contributed by atoms with E-state index in [0.717, 1.165) is 22.7 Å². The van der Waals surface area contributed by atoms with E-state index >= 15 is 0 Å². The molecule has 0 spiro atoms. The average molecular weight is 619 g/mol. The Hall–Kier alpha value is -3.87. The molecule has 3 aromatic rings. The first-order valence-electron chi connectivity index (χ1n) is 12.7. The third-order valence-electron chi connectivity index (χ3n) is 7.36. The number of Topliss-reactive ketones (excluding diaryl/α,β-unsaturated/α-hetero) is 1. The van der Waals surface area contributed by atoms with Crippen LogP contribution in [0.3, 0.4) is 0 Å². The minimum Gasteiger partial charge on any atom is -0.355 e. The second kappa shape index (κ2) is 11.1. The predicted molar refractivity (Wildman–Crippen MR) is 149 cm³/mol. The molecular weight excluding hydrogens is 596 g/mol. The molecule has 42 heavy (non-hydrogen) atoms. The number of anilines is 1. The Kier molecular flexibility index (Phi) is 7.82. The van der Waals surface area contributed by atoms with E-state index in [0.29, 0.717) is 28.6 Å². The van der Waals surface area contributed by atoms with E-state index in [1.54, 1.807) is 18.2 Å². The van der Waals surface area contributed by atoms with Crippen LogP contribution in [-0.2, 0) is 16.2 Å². The number of allylic oxidation sites excluding steroid dienone is 2. The molecule has 5 rings (SSSR count). The third-order valence-corrected chi connectivity index (χ3v) is 9.53. The number of halogens is 5. The average Bonchev–Trinajstić information content (AvgIpc) is 2.97. The maximum atomic E-state index is 14.1. The Morgan fingerprint density at radius 1 is 1.12 bits per heavy atom. The number of nitrogens with one attached hydrogen (secondary N) is 2. The van der Waals surface area contributed by atoms with Crippen LogP contribution in [0.25, 0.3) is 0 Å². The maximum absolute atomic E-state index is 14.1. The molecule has 0 unspecified atom stereocenters. The molecule has 218 valence electrons. The number of sulfonamides is 1. The van der Waals surface area contributed by atoms with Crippen molar-refractivity contribution in [3.63, 3.8) is 0 Å². The lowest BCUT2D eigenvalue weighted by Gasteiger charge is -2.45. The van der Waals surface area contributed by atoms with Gasteiger partial charge in [-0.3, -0.25) is 9.78 Å². The zero-order chi connectivity index (χ0) is 30.3. The van der Waals surface area contributed by atoms with Gasteiger partial charge in [0.25, 0.3) is 0 Å². The maximum Gasteiger partial charge on any atom is 0.417 e. The number of piperidine rings is 1. The predicted octanol–water partition coefficient (Wildman–Crippen LogP) is 6.50. The quantitative estimate of drug-likeness (QED) is 0.179. The van der Waals surface area contributed by atoms with E-state index in [2.05, 4.69) is 10.3 Å². The summed E-state index contributed by atoms with van der Waals surface area (Å²) in [6.07, 6.45) is -0.720. The van der Waals surface area contributed by atoms with Gasteiger partial charge in [0.1, 0.15) is 11.5 Å². The molecule has 1 aliphatic carbocycles. The smallest absolute Gasteiger partial charge is 0.355 e.